The Morgan fingerprint density at radius 3 is 2.49 bits per heavy atom. The molecule has 3 aromatic heterocycles. The van der Waals surface area contributed by atoms with Gasteiger partial charge in [0, 0.05) is 85.4 Å². The number of anilines is 3. The lowest BCUT2D eigenvalue weighted by Gasteiger charge is -2.55. The highest BCUT2D eigenvalue weighted by Crippen LogP contribution is 2.44. The smallest absolute Gasteiger partial charge is 0.329 e. The van der Waals surface area contributed by atoms with Crippen molar-refractivity contribution < 1.29 is 14.4 Å². The van der Waals surface area contributed by atoms with Crippen molar-refractivity contribution in [2.45, 2.75) is 57.5 Å². The van der Waals surface area contributed by atoms with E-state index in [9.17, 15) is 19.2 Å². The first-order valence-electron chi connectivity index (χ1n) is 19.8. The van der Waals surface area contributed by atoms with Gasteiger partial charge in [-0.1, -0.05) is 0 Å². The van der Waals surface area contributed by atoms with E-state index in [-0.39, 0.29) is 30.0 Å². The summed E-state index contributed by atoms with van der Waals surface area (Å²) in [5.74, 6) is 1.03. The number of imide groups is 1. The Kier molecular flexibility index (Phi) is 8.21. The highest BCUT2D eigenvalue weighted by molar-refractivity contribution is 7.21. The number of hydrogen-bond donors (Lipinski definition) is 3. The molecule has 4 fully saturated rings. The van der Waals surface area contributed by atoms with Gasteiger partial charge in [0.1, 0.15) is 16.7 Å². The van der Waals surface area contributed by atoms with Gasteiger partial charge in [-0.25, -0.2) is 9.78 Å². The van der Waals surface area contributed by atoms with Gasteiger partial charge >= 0.3 is 5.69 Å². The average Bonchev–Trinajstić information content (AvgIpc) is 3.62. The van der Waals surface area contributed by atoms with Gasteiger partial charge in [0.25, 0.3) is 5.91 Å². The predicted molar refractivity (Wildman–Crippen MR) is 216 cm³/mol. The molecule has 0 radical (unpaired) electrons. The van der Waals surface area contributed by atoms with E-state index in [2.05, 4.69) is 67.0 Å². The minimum Gasteiger partial charge on any atom is -0.381 e. The van der Waals surface area contributed by atoms with Crippen molar-refractivity contribution in [3.8, 4) is 0 Å². The first kappa shape index (κ1) is 34.5. The maximum atomic E-state index is 13.2. The molecule has 55 heavy (non-hydrogen) atoms. The van der Waals surface area contributed by atoms with Crippen LogP contribution in [0.25, 0.3) is 32.0 Å². The lowest BCUT2D eigenvalue weighted by molar-refractivity contribution is -0.135. The van der Waals surface area contributed by atoms with Crippen LogP contribution in [0.2, 0.25) is 0 Å². The largest absolute Gasteiger partial charge is 0.381 e. The second-order valence-corrected chi connectivity index (χ2v) is 17.7. The Labute approximate surface area is 322 Å². The summed E-state index contributed by atoms with van der Waals surface area (Å²) in [5, 5.41) is 11.2. The minimum absolute atomic E-state index is 0.00326. The maximum absolute atomic E-state index is 13.2. The summed E-state index contributed by atoms with van der Waals surface area (Å²) in [4.78, 5) is 63.8. The quantitative estimate of drug-likeness (QED) is 0.222. The van der Waals surface area contributed by atoms with Gasteiger partial charge in [0.15, 0.2) is 0 Å². The van der Waals surface area contributed by atoms with Crippen LogP contribution in [-0.2, 0) is 16.6 Å². The number of amides is 3. The second-order valence-electron chi connectivity index (χ2n) is 16.7. The van der Waals surface area contributed by atoms with Crippen LogP contribution in [0.1, 0.15) is 61.2 Å². The van der Waals surface area contributed by atoms with Crippen LogP contribution in [0.5, 0.6) is 0 Å². The molecule has 8 heterocycles. The third-order valence-corrected chi connectivity index (χ3v) is 14.2. The van der Waals surface area contributed by atoms with Crippen LogP contribution in [0.4, 0.5) is 17.2 Å². The number of imidazole rings is 1. The first-order chi connectivity index (χ1) is 26.6. The Hall–Kier alpha value is -4.95. The van der Waals surface area contributed by atoms with Gasteiger partial charge < -0.3 is 25.3 Å². The third-order valence-electron chi connectivity index (χ3n) is 13.1. The molecular weight excluding hydrogens is 715 g/mol. The zero-order valence-corrected chi connectivity index (χ0v) is 32.2. The molecule has 0 aliphatic carbocycles. The molecule has 1 spiro atoms. The van der Waals surface area contributed by atoms with Crippen LogP contribution in [0, 0.1) is 11.3 Å². The van der Waals surface area contributed by atoms with E-state index < -0.39 is 11.9 Å². The van der Waals surface area contributed by atoms with Gasteiger partial charge in [0.05, 0.1) is 22.2 Å². The van der Waals surface area contributed by atoms with E-state index in [4.69, 9.17) is 4.98 Å². The Morgan fingerprint density at radius 2 is 1.71 bits per heavy atom. The summed E-state index contributed by atoms with van der Waals surface area (Å²) >= 11 is 1.55. The summed E-state index contributed by atoms with van der Waals surface area (Å²) in [6.07, 6.45) is 5.31. The van der Waals surface area contributed by atoms with Gasteiger partial charge in [-0.2, -0.15) is 0 Å². The number of nitrogens with zero attached hydrogens (tertiary/aromatic N) is 6. The molecule has 10 rings (SSSR count). The van der Waals surface area contributed by atoms with Crippen LogP contribution < -0.4 is 31.4 Å². The number of benzene rings is 2. The number of thiophene rings is 1. The molecule has 3 N–H and O–H groups in total. The minimum atomic E-state index is -0.671. The number of nitrogens with one attached hydrogen (secondary N) is 3. The van der Waals surface area contributed by atoms with Crippen molar-refractivity contribution in [3.63, 3.8) is 0 Å². The number of fused-ring (bicyclic) bond motifs is 6. The van der Waals surface area contributed by atoms with E-state index >= 15 is 0 Å². The second kappa shape index (κ2) is 13.1. The normalized spacial score (nSPS) is 23.5. The van der Waals surface area contributed by atoms with Gasteiger partial charge in [0.2, 0.25) is 11.8 Å². The first-order valence-corrected chi connectivity index (χ1v) is 20.6. The Balaban J connectivity index is 0.737. The van der Waals surface area contributed by atoms with E-state index in [1.165, 1.54) is 25.7 Å². The zero-order chi connectivity index (χ0) is 37.6. The van der Waals surface area contributed by atoms with Crippen molar-refractivity contribution in [2.75, 3.05) is 67.5 Å². The van der Waals surface area contributed by atoms with Crippen molar-refractivity contribution in [1.29, 1.82) is 0 Å². The number of pyridine rings is 1. The summed E-state index contributed by atoms with van der Waals surface area (Å²) in [6.45, 7) is 10.2. The summed E-state index contributed by atoms with van der Waals surface area (Å²) in [5.41, 5.74) is 4.67. The molecule has 13 nitrogen and oxygen atoms in total. The van der Waals surface area contributed by atoms with E-state index in [1.54, 1.807) is 27.5 Å². The van der Waals surface area contributed by atoms with Gasteiger partial charge in [-0.05, 0) is 100 Å². The van der Waals surface area contributed by atoms with Crippen molar-refractivity contribution >= 4 is 78.3 Å². The molecule has 3 amide bonds. The number of carbonyl (C=O) groups excluding carboxylic acids is 3. The van der Waals surface area contributed by atoms with Gasteiger partial charge in [-0.15, -0.1) is 11.3 Å². The van der Waals surface area contributed by atoms with E-state index in [1.807, 2.05) is 13.0 Å². The highest BCUT2D eigenvalue weighted by atomic mass is 32.1. The standard InChI is InChI=1S/C41H47N9O4S/c1-24-20-42-36-35-27-4-9-33(44-28(27)5-8-32(35)55-37(36)39(53)43-24)48-15-11-25(12-16-48)21-47-17-13-41(14-18-47)22-49(23-41)26-3-6-29-31(19-26)46(2)40(54)50(29)30-7-10-34(51)45-38(30)52/h3-6,8-9,19,24-25,30,42H,7,10-18,20-23H2,1-2H3,(H,43,53)(H,45,51,52)/t24-,30?/m1/s1. The van der Waals surface area contributed by atoms with Crippen LogP contribution in [0.3, 0.4) is 0 Å². The van der Waals surface area contributed by atoms with Crippen molar-refractivity contribution in [3.05, 3.63) is 57.8 Å². The lowest BCUT2D eigenvalue weighted by Crippen LogP contribution is -2.60. The highest BCUT2D eigenvalue weighted by Gasteiger charge is 2.45. The van der Waals surface area contributed by atoms with E-state index in [0.29, 0.717) is 24.3 Å². The maximum Gasteiger partial charge on any atom is 0.329 e. The predicted octanol–water partition coefficient (Wildman–Crippen LogP) is 4.44. The molecule has 14 heteroatoms. The molecule has 0 bridgehead atoms. The number of hydrogen-bond acceptors (Lipinski definition) is 10. The molecule has 1 unspecified atom stereocenters. The zero-order valence-electron chi connectivity index (χ0n) is 31.4. The van der Waals surface area contributed by atoms with Crippen LogP contribution in [0.15, 0.2) is 47.3 Å². The van der Waals surface area contributed by atoms with Crippen LogP contribution in [-0.4, -0.2) is 95.1 Å². The summed E-state index contributed by atoms with van der Waals surface area (Å²) in [6, 6.07) is 14.1. The van der Waals surface area contributed by atoms with Gasteiger partial charge in [-0.3, -0.25) is 28.8 Å². The SMILES string of the molecule is C[C@@H]1CNc2c(sc3ccc4nc(N5CCC(CN6CCC7(CC6)CN(c6ccc8c(c6)n(C)c(=O)n8C6CCC(=O)NC6=O)C7)CC5)ccc4c23)C(=O)N1. The number of carbonyl (C=O) groups is 3. The number of rotatable bonds is 5. The Morgan fingerprint density at radius 1 is 0.909 bits per heavy atom. The summed E-state index contributed by atoms with van der Waals surface area (Å²) in [7, 11) is 1.75. The molecular formula is C41H47N9O4S. The van der Waals surface area contributed by atoms with Crippen molar-refractivity contribution in [1.82, 2.24) is 29.7 Å². The number of aromatic nitrogens is 3. The molecule has 286 valence electrons. The van der Waals surface area contributed by atoms with E-state index in [0.717, 1.165) is 99.9 Å². The monoisotopic (exact) mass is 761 g/mol. The van der Waals surface area contributed by atoms with Crippen molar-refractivity contribution in [2.24, 2.45) is 18.4 Å². The molecule has 0 saturated carbocycles. The third kappa shape index (κ3) is 5.87. The molecule has 2 aromatic carbocycles. The fraction of sp³-hybridized carbons (Fsp3) is 0.488. The fourth-order valence-corrected chi connectivity index (χ4v) is 10.9. The molecule has 5 aliphatic rings. The molecule has 2 atom stereocenters. The summed E-state index contributed by atoms with van der Waals surface area (Å²) < 4.78 is 4.28. The lowest BCUT2D eigenvalue weighted by atomic mass is 9.71. The fourth-order valence-electron chi connectivity index (χ4n) is 9.85. The number of likely N-dealkylation sites (tertiary alicyclic amines) is 1. The Bertz CT molecular complexity index is 2440. The molecule has 5 aliphatic heterocycles. The van der Waals surface area contributed by atoms with Crippen LogP contribution >= 0.6 is 11.3 Å². The molecule has 4 saturated heterocycles. The average molecular weight is 762 g/mol. The topological polar surface area (TPSA) is 137 Å². The number of aryl methyl sites for hydroxylation is 1. The molecule has 5 aromatic rings. The number of piperidine rings is 3.